The summed E-state index contributed by atoms with van der Waals surface area (Å²) in [5, 5.41) is 7.14. The predicted octanol–water partition coefficient (Wildman–Crippen LogP) is 3.86. The average Bonchev–Trinajstić information content (AvgIpc) is 3.15. The van der Waals surface area contributed by atoms with Crippen LogP contribution in [0.3, 0.4) is 0 Å². The van der Waals surface area contributed by atoms with E-state index in [1.807, 2.05) is 0 Å². The van der Waals surface area contributed by atoms with Crippen molar-refractivity contribution in [1.29, 1.82) is 0 Å². The molecule has 0 spiro atoms. The summed E-state index contributed by atoms with van der Waals surface area (Å²) >= 11 is 0. The standard InChI is InChI=1S/C24H39N5.HI/c1-4-25-24(27-22-12-15-28(16-13-22)18-20(2)3)26-17-23-11-8-14-29(23)19-21-9-6-5-7-10-21;/h5-7,9-10,22-23H,2,4,8,11-19H2,1,3H3,(H2,25,26,27);1H. The number of guanidine groups is 1. The quantitative estimate of drug-likeness (QED) is 0.234. The third kappa shape index (κ3) is 8.19. The van der Waals surface area contributed by atoms with Gasteiger partial charge in [0.2, 0.25) is 0 Å². The van der Waals surface area contributed by atoms with Gasteiger partial charge in [0.05, 0.1) is 6.54 Å². The van der Waals surface area contributed by atoms with Gasteiger partial charge in [-0.2, -0.15) is 0 Å². The van der Waals surface area contributed by atoms with E-state index in [4.69, 9.17) is 4.99 Å². The first kappa shape index (κ1) is 25.1. The molecule has 30 heavy (non-hydrogen) atoms. The van der Waals surface area contributed by atoms with Gasteiger partial charge in [-0.25, -0.2) is 0 Å². The summed E-state index contributed by atoms with van der Waals surface area (Å²) in [7, 11) is 0. The average molecular weight is 526 g/mol. The Hall–Kier alpha value is -1.12. The molecule has 1 aromatic rings. The van der Waals surface area contributed by atoms with Crippen molar-refractivity contribution < 1.29 is 0 Å². The van der Waals surface area contributed by atoms with Crippen molar-refractivity contribution in [3.63, 3.8) is 0 Å². The Labute approximate surface area is 200 Å². The summed E-state index contributed by atoms with van der Waals surface area (Å²) in [6.45, 7) is 15.6. The molecule has 168 valence electrons. The minimum absolute atomic E-state index is 0. The fourth-order valence-electron chi connectivity index (χ4n) is 4.46. The van der Waals surface area contributed by atoms with Gasteiger partial charge in [-0.05, 0) is 51.6 Å². The Morgan fingerprint density at radius 3 is 2.53 bits per heavy atom. The molecule has 0 saturated carbocycles. The van der Waals surface area contributed by atoms with Gasteiger partial charge in [0.25, 0.3) is 0 Å². The highest BCUT2D eigenvalue weighted by atomic mass is 127. The van der Waals surface area contributed by atoms with E-state index in [-0.39, 0.29) is 24.0 Å². The van der Waals surface area contributed by atoms with Crippen molar-refractivity contribution in [3.8, 4) is 0 Å². The molecule has 0 radical (unpaired) electrons. The number of piperidine rings is 1. The number of benzene rings is 1. The van der Waals surface area contributed by atoms with Gasteiger partial charge in [-0.3, -0.25) is 14.8 Å². The smallest absolute Gasteiger partial charge is 0.191 e. The van der Waals surface area contributed by atoms with Crippen LogP contribution >= 0.6 is 24.0 Å². The second-order valence-electron chi connectivity index (χ2n) is 8.62. The van der Waals surface area contributed by atoms with Gasteiger partial charge in [0, 0.05) is 44.8 Å². The molecule has 0 aromatic heterocycles. The maximum Gasteiger partial charge on any atom is 0.191 e. The molecule has 2 saturated heterocycles. The Kier molecular flexibility index (Phi) is 11.2. The van der Waals surface area contributed by atoms with Crippen LogP contribution in [0.5, 0.6) is 0 Å². The van der Waals surface area contributed by atoms with Crippen molar-refractivity contribution >= 4 is 29.9 Å². The topological polar surface area (TPSA) is 42.9 Å². The molecule has 3 rings (SSSR count). The number of nitrogens with one attached hydrogen (secondary N) is 2. The molecule has 2 N–H and O–H groups in total. The van der Waals surface area contributed by atoms with E-state index in [1.165, 1.54) is 43.4 Å². The highest BCUT2D eigenvalue weighted by molar-refractivity contribution is 14.0. The molecule has 0 bridgehead atoms. The summed E-state index contributed by atoms with van der Waals surface area (Å²) in [5.74, 6) is 0.984. The highest BCUT2D eigenvalue weighted by Crippen LogP contribution is 2.20. The van der Waals surface area contributed by atoms with Gasteiger partial charge in [-0.15, -0.1) is 24.0 Å². The van der Waals surface area contributed by atoms with E-state index in [2.05, 4.69) is 71.2 Å². The van der Waals surface area contributed by atoms with Gasteiger partial charge in [0.15, 0.2) is 5.96 Å². The molecular formula is C24H40IN5. The van der Waals surface area contributed by atoms with Crippen LogP contribution < -0.4 is 10.6 Å². The van der Waals surface area contributed by atoms with Crippen molar-refractivity contribution in [2.45, 2.75) is 58.2 Å². The number of likely N-dealkylation sites (tertiary alicyclic amines) is 2. The normalized spacial score (nSPS) is 21.3. The maximum atomic E-state index is 4.97. The van der Waals surface area contributed by atoms with Crippen LogP contribution in [-0.2, 0) is 6.54 Å². The molecular weight excluding hydrogens is 485 g/mol. The second kappa shape index (κ2) is 13.3. The van der Waals surface area contributed by atoms with Crippen LogP contribution in [0.25, 0.3) is 0 Å². The van der Waals surface area contributed by atoms with E-state index in [0.29, 0.717) is 12.1 Å². The molecule has 6 heteroatoms. The third-order valence-corrected chi connectivity index (χ3v) is 5.95. The Balaban J connectivity index is 0.00000320. The van der Waals surface area contributed by atoms with Gasteiger partial charge >= 0.3 is 0 Å². The van der Waals surface area contributed by atoms with E-state index in [1.54, 1.807) is 0 Å². The molecule has 5 nitrogen and oxygen atoms in total. The lowest BCUT2D eigenvalue weighted by molar-refractivity contribution is 0.220. The SMILES string of the molecule is C=C(C)CN1CCC(NC(=NCC2CCCN2Cc2ccccc2)NCC)CC1.I. The Morgan fingerprint density at radius 1 is 1.13 bits per heavy atom. The Bertz CT molecular complexity index is 655. The van der Waals surface area contributed by atoms with Crippen LogP contribution in [0.4, 0.5) is 0 Å². The lowest BCUT2D eigenvalue weighted by Crippen LogP contribution is -2.49. The molecule has 2 fully saturated rings. The molecule has 2 aliphatic rings. The molecule has 2 aliphatic heterocycles. The minimum atomic E-state index is 0. The molecule has 1 aromatic carbocycles. The summed E-state index contributed by atoms with van der Waals surface area (Å²) < 4.78 is 0. The van der Waals surface area contributed by atoms with Crippen molar-refractivity contribution in [1.82, 2.24) is 20.4 Å². The molecule has 1 unspecified atom stereocenters. The first-order valence-electron chi connectivity index (χ1n) is 11.3. The molecule has 0 aliphatic carbocycles. The number of rotatable bonds is 8. The number of hydrogen-bond donors (Lipinski definition) is 2. The summed E-state index contributed by atoms with van der Waals surface area (Å²) in [6.07, 6.45) is 4.86. The minimum Gasteiger partial charge on any atom is -0.357 e. The van der Waals surface area contributed by atoms with Gasteiger partial charge in [0.1, 0.15) is 0 Å². The molecule has 0 amide bonds. The van der Waals surface area contributed by atoms with Crippen molar-refractivity contribution in [2.75, 3.05) is 39.3 Å². The highest BCUT2D eigenvalue weighted by Gasteiger charge is 2.25. The summed E-state index contributed by atoms with van der Waals surface area (Å²) in [6, 6.07) is 11.9. The molecule has 2 heterocycles. The first-order chi connectivity index (χ1) is 14.1. The first-order valence-corrected chi connectivity index (χ1v) is 11.3. The fourth-order valence-corrected chi connectivity index (χ4v) is 4.46. The largest absolute Gasteiger partial charge is 0.357 e. The van der Waals surface area contributed by atoms with E-state index in [0.717, 1.165) is 45.2 Å². The van der Waals surface area contributed by atoms with E-state index < -0.39 is 0 Å². The van der Waals surface area contributed by atoms with Crippen LogP contribution in [0.1, 0.15) is 45.1 Å². The number of nitrogens with zero attached hydrogens (tertiary/aromatic N) is 3. The van der Waals surface area contributed by atoms with Crippen molar-refractivity contribution in [2.24, 2.45) is 4.99 Å². The zero-order valence-corrected chi connectivity index (χ0v) is 21.1. The lowest BCUT2D eigenvalue weighted by atomic mass is 10.0. The lowest BCUT2D eigenvalue weighted by Gasteiger charge is -2.33. The van der Waals surface area contributed by atoms with Crippen LogP contribution in [0.15, 0.2) is 47.5 Å². The summed E-state index contributed by atoms with van der Waals surface area (Å²) in [5.41, 5.74) is 2.65. The number of halogens is 1. The zero-order valence-electron chi connectivity index (χ0n) is 18.8. The number of hydrogen-bond acceptors (Lipinski definition) is 3. The van der Waals surface area contributed by atoms with Gasteiger partial charge in [-0.1, -0.05) is 42.5 Å². The number of aliphatic imine (C=N–C) groups is 1. The monoisotopic (exact) mass is 525 g/mol. The van der Waals surface area contributed by atoms with Crippen LogP contribution in [-0.4, -0.2) is 67.1 Å². The van der Waals surface area contributed by atoms with E-state index in [9.17, 15) is 0 Å². The fraction of sp³-hybridized carbons (Fsp3) is 0.625. The zero-order chi connectivity index (χ0) is 20.5. The molecule has 1 atom stereocenters. The maximum absolute atomic E-state index is 4.97. The predicted molar refractivity (Wildman–Crippen MR) is 139 cm³/mol. The van der Waals surface area contributed by atoms with Crippen molar-refractivity contribution in [3.05, 3.63) is 48.0 Å². The third-order valence-electron chi connectivity index (χ3n) is 5.95. The van der Waals surface area contributed by atoms with Gasteiger partial charge < -0.3 is 10.6 Å². The summed E-state index contributed by atoms with van der Waals surface area (Å²) in [4.78, 5) is 10.1. The second-order valence-corrected chi connectivity index (χ2v) is 8.62. The van der Waals surface area contributed by atoms with E-state index >= 15 is 0 Å². The Morgan fingerprint density at radius 2 is 1.87 bits per heavy atom. The van der Waals surface area contributed by atoms with Crippen LogP contribution in [0.2, 0.25) is 0 Å². The van der Waals surface area contributed by atoms with Crippen LogP contribution in [0, 0.1) is 0 Å².